The number of aryl methyl sites for hydroxylation is 1. The molecule has 1 aliphatic carbocycles. The monoisotopic (exact) mass is 235 g/mol. The quantitative estimate of drug-likeness (QED) is 0.788. The van der Waals surface area contributed by atoms with E-state index in [1.165, 1.54) is 38.2 Å². The van der Waals surface area contributed by atoms with Crippen LogP contribution in [-0.2, 0) is 6.54 Å². The lowest BCUT2D eigenvalue weighted by atomic mass is 9.95. The van der Waals surface area contributed by atoms with Gasteiger partial charge in [0, 0.05) is 24.8 Å². The Bertz CT molecular complexity index is 382. The molecule has 4 heteroatoms. The van der Waals surface area contributed by atoms with Crippen LogP contribution in [0.15, 0.2) is 23.4 Å². The van der Waals surface area contributed by atoms with Crippen LogP contribution in [0, 0.1) is 0 Å². The minimum absolute atomic E-state index is 0.0395. The molecule has 0 aliphatic heterocycles. The fourth-order valence-electron chi connectivity index (χ4n) is 2.41. The lowest BCUT2D eigenvalue weighted by Gasteiger charge is -2.22. The third kappa shape index (κ3) is 3.97. The van der Waals surface area contributed by atoms with Crippen molar-refractivity contribution in [2.45, 2.75) is 51.1 Å². The van der Waals surface area contributed by atoms with Gasteiger partial charge in [0.05, 0.1) is 6.33 Å². The van der Waals surface area contributed by atoms with Crippen LogP contribution in [0.2, 0.25) is 0 Å². The molecular formula is C13H21N3O. The van der Waals surface area contributed by atoms with Gasteiger partial charge in [0.25, 0.3) is 5.56 Å². The standard InChI is InChI=1S/C13H21N3O/c17-13-7-9-14-11-16(13)10-4-8-15-12-5-2-1-3-6-12/h7,9,11-12,15H,1-6,8,10H2. The van der Waals surface area contributed by atoms with E-state index >= 15 is 0 Å². The fraction of sp³-hybridized carbons (Fsp3) is 0.692. The van der Waals surface area contributed by atoms with Crippen molar-refractivity contribution in [3.8, 4) is 0 Å². The van der Waals surface area contributed by atoms with E-state index in [2.05, 4.69) is 10.3 Å². The van der Waals surface area contributed by atoms with Gasteiger partial charge in [-0.05, 0) is 25.8 Å². The summed E-state index contributed by atoms with van der Waals surface area (Å²) in [7, 11) is 0. The van der Waals surface area contributed by atoms with E-state index in [4.69, 9.17) is 0 Å². The Balaban J connectivity index is 1.66. The number of rotatable bonds is 5. The fourth-order valence-corrected chi connectivity index (χ4v) is 2.41. The Morgan fingerprint density at radius 2 is 2.18 bits per heavy atom. The highest BCUT2D eigenvalue weighted by atomic mass is 16.1. The highest BCUT2D eigenvalue weighted by Gasteiger charge is 2.11. The highest BCUT2D eigenvalue weighted by molar-refractivity contribution is 4.82. The van der Waals surface area contributed by atoms with Gasteiger partial charge in [-0.1, -0.05) is 19.3 Å². The molecule has 1 aliphatic rings. The smallest absolute Gasteiger partial charge is 0.253 e. The van der Waals surface area contributed by atoms with Gasteiger partial charge < -0.3 is 5.32 Å². The molecule has 0 unspecified atom stereocenters. The van der Waals surface area contributed by atoms with Crippen LogP contribution in [-0.4, -0.2) is 22.1 Å². The Kier molecular flexibility index (Phi) is 4.74. The second-order valence-corrected chi connectivity index (χ2v) is 4.75. The molecule has 0 spiro atoms. The van der Waals surface area contributed by atoms with E-state index in [9.17, 15) is 4.79 Å². The molecule has 0 bridgehead atoms. The molecule has 0 aromatic carbocycles. The van der Waals surface area contributed by atoms with Gasteiger partial charge in [-0.25, -0.2) is 4.98 Å². The second-order valence-electron chi connectivity index (χ2n) is 4.75. The van der Waals surface area contributed by atoms with Crippen LogP contribution in [0.25, 0.3) is 0 Å². The minimum Gasteiger partial charge on any atom is -0.314 e. The maximum absolute atomic E-state index is 11.4. The molecule has 17 heavy (non-hydrogen) atoms. The van der Waals surface area contributed by atoms with E-state index in [1.807, 2.05) is 0 Å². The van der Waals surface area contributed by atoms with Gasteiger partial charge in [0.15, 0.2) is 0 Å². The first-order valence-electron chi connectivity index (χ1n) is 6.60. The number of nitrogens with zero attached hydrogens (tertiary/aromatic N) is 2. The average Bonchev–Trinajstić information content (AvgIpc) is 2.38. The highest BCUT2D eigenvalue weighted by Crippen LogP contribution is 2.17. The van der Waals surface area contributed by atoms with Crippen molar-refractivity contribution in [3.63, 3.8) is 0 Å². The molecule has 4 nitrogen and oxygen atoms in total. The Hall–Kier alpha value is -1.16. The maximum atomic E-state index is 11.4. The molecule has 1 N–H and O–H groups in total. The Morgan fingerprint density at radius 3 is 2.94 bits per heavy atom. The topological polar surface area (TPSA) is 46.9 Å². The first-order chi connectivity index (χ1) is 8.36. The molecule has 94 valence electrons. The van der Waals surface area contributed by atoms with Crippen molar-refractivity contribution in [1.29, 1.82) is 0 Å². The third-order valence-corrected chi connectivity index (χ3v) is 3.41. The van der Waals surface area contributed by atoms with Gasteiger partial charge >= 0.3 is 0 Å². The molecule has 0 radical (unpaired) electrons. The van der Waals surface area contributed by atoms with Crippen LogP contribution in [0.5, 0.6) is 0 Å². The van der Waals surface area contributed by atoms with Crippen molar-refractivity contribution in [2.75, 3.05) is 6.54 Å². The predicted molar refractivity (Wildman–Crippen MR) is 68.0 cm³/mol. The van der Waals surface area contributed by atoms with Crippen molar-refractivity contribution in [2.24, 2.45) is 0 Å². The first-order valence-corrected chi connectivity index (χ1v) is 6.60. The van der Waals surface area contributed by atoms with Gasteiger partial charge in [-0.2, -0.15) is 0 Å². The average molecular weight is 235 g/mol. The predicted octanol–water partition coefficient (Wildman–Crippen LogP) is 1.56. The van der Waals surface area contributed by atoms with E-state index in [1.54, 1.807) is 17.1 Å². The molecular weight excluding hydrogens is 214 g/mol. The summed E-state index contributed by atoms with van der Waals surface area (Å²) in [6, 6.07) is 2.21. The summed E-state index contributed by atoms with van der Waals surface area (Å²) in [5.74, 6) is 0. The largest absolute Gasteiger partial charge is 0.314 e. The van der Waals surface area contributed by atoms with Gasteiger partial charge in [0.2, 0.25) is 0 Å². The van der Waals surface area contributed by atoms with Crippen molar-refractivity contribution in [1.82, 2.24) is 14.9 Å². The molecule has 1 heterocycles. The number of aromatic nitrogens is 2. The van der Waals surface area contributed by atoms with Crippen molar-refractivity contribution in [3.05, 3.63) is 28.9 Å². The number of nitrogens with one attached hydrogen (secondary N) is 1. The first kappa shape index (κ1) is 12.3. The van der Waals surface area contributed by atoms with E-state index in [-0.39, 0.29) is 5.56 Å². The van der Waals surface area contributed by atoms with Crippen LogP contribution >= 0.6 is 0 Å². The summed E-state index contributed by atoms with van der Waals surface area (Å²) >= 11 is 0. The molecule has 1 fully saturated rings. The molecule has 0 amide bonds. The van der Waals surface area contributed by atoms with Gasteiger partial charge in [-0.15, -0.1) is 0 Å². The summed E-state index contributed by atoms with van der Waals surface area (Å²) in [4.78, 5) is 15.4. The molecule has 2 rings (SSSR count). The van der Waals surface area contributed by atoms with Crippen LogP contribution < -0.4 is 10.9 Å². The Morgan fingerprint density at radius 1 is 1.35 bits per heavy atom. The molecule has 1 aromatic rings. The van der Waals surface area contributed by atoms with Gasteiger partial charge in [0.1, 0.15) is 0 Å². The number of hydrogen-bond donors (Lipinski definition) is 1. The van der Waals surface area contributed by atoms with E-state index in [0.717, 1.165) is 19.5 Å². The van der Waals surface area contributed by atoms with Crippen molar-refractivity contribution >= 4 is 0 Å². The summed E-state index contributed by atoms with van der Waals surface area (Å²) in [6.07, 6.45) is 10.9. The third-order valence-electron chi connectivity index (χ3n) is 3.41. The zero-order valence-corrected chi connectivity index (χ0v) is 10.3. The zero-order chi connectivity index (χ0) is 11.9. The normalized spacial score (nSPS) is 17.2. The SMILES string of the molecule is O=c1ccncn1CCCNC1CCCCC1. The molecule has 0 saturated heterocycles. The van der Waals surface area contributed by atoms with E-state index in [0.29, 0.717) is 6.04 Å². The van der Waals surface area contributed by atoms with Crippen LogP contribution in [0.3, 0.4) is 0 Å². The Labute approximate surface area is 102 Å². The molecule has 0 atom stereocenters. The summed E-state index contributed by atoms with van der Waals surface area (Å²) < 4.78 is 1.67. The summed E-state index contributed by atoms with van der Waals surface area (Å²) in [5, 5.41) is 3.58. The summed E-state index contributed by atoms with van der Waals surface area (Å²) in [5.41, 5.74) is 0.0395. The van der Waals surface area contributed by atoms with E-state index < -0.39 is 0 Å². The maximum Gasteiger partial charge on any atom is 0.253 e. The lowest BCUT2D eigenvalue weighted by Crippen LogP contribution is -2.32. The number of hydrogen-bond acceptors (Lipinski definition) is 3. The van der Waals surface area contributed by atoms with Crippen LogP contribution in [0.1, 0.15) is 38.5 Å². The van der Waals surface area contributed by atoms with Crippen LogP contribution in [0.4, 0.5) is 0 Å². The van der Waals surface area contributed by atoms with Gasteiger partial charge in [-0.3, -0.25) is 9.36 Å². The molecule has 1 saturated carbocycles. The molecule has 1 aromatic heterocycles. The zero-order valence-electron chi connectivity index (χ0n) is 10.3. The second kappa shape index (κ2) is 6.55. The van der Waals surface area contributed by atoms with Crippen molar-refractivity contribution < 1.29 is 0 Å². The summed E-state index contributed by atoms with van der Waals surface area (Å²) in [6.45, 7) is 1.75. The lowest BCUT2D eigenvalue weighted by molar-refractivity contribution is 0.368. The minimum atomic E-state index is 0.0395.